The number of aromatic amines is 1. The number of ether oxygens (including phenoxy) is 1. The number of fused-ring (bicyclic) bond motifs is 1. The molecule has 0 radical (unpaired) electrons. The lowest BCUT2D eigenvalue weighted by Crippen LogP contribution is -1.99. The minimum atomic E-state index is 0.887. The van der Waals surface area contributed by atoms with Crippen LogP contribution in [0.1, 0.15) is 23.2 Å². The van der Waals surface area contributed by atoms with Crippen LogP contribution in [0.5, 0.6) is 5.75 Å². The van der Waals surface area contributed by atoms with Gasteiger partial charge in [0.15, 0.2) is 0 Å². The van der Waals surface area contributed by atoms with Gasteiger partial charge in [0.25, 0.3) is 0 Å². The third kappa shape index (κ3) is 1.73. The molecule has 1 aromatic carbocycles. The SMILES string of the molecule is COc1ccc(C2=CCCc3[nH]ncc32)cc1. The number of H-pyrrole nitrogens is 1. The van der Waals surface area contributed by atoms with Crippen LogP contribution in [0.3, 0.4) is 0 Å². The molecule has 1 aromatic heterocycles. The Morgan fingerprint density at radius 1 is 1.24 bits per heavy atom. The number of aromatic nitrogens is 2. The van der Waals surface area contributed by atoms with Gasteiger partial charge in [0, 0.05) is 11.3 Å². The first-order valence-corrected chi connectivity index (χ1v) is 5.75. The Kier molecular flexibility index (Phi) is 2.44. The van der Waals surface area contributed by atoms with Crippen LogP contribution in [0, 0.1) is 0 Å². The van der Waals surface area contributed by atoms with E-state index in [2.05, 4.69) is 28.4 Å². The molecule has 0 atom stereocenters. The Morgan fingerprint density at radius 3 is 2.82 bits per heavy atom. The second-order valence-electron chi connectivity index (χ2n) is 4.15. The first kappa shape index (κ1) is 10.1. The molecular weight excluding hydrogens is 212 g/mol. The van der Waals surface area contributed by atoms with E-state index in [0.29, 0.717) is 0 Å². The maximum Gasteiger partial charge on any atom is 0.118 e. The van der Waals surface area contributed by atoms with E-state index in [9.17, 15) is 0 Å². The standard InChI is InChI=1S/C14H14N2O/c1-17-11-7-5-10(6-8-11)12-3-2-4-14-13(12)9-15-16-14/h3,5-9H,2,4H2,1H3,(H,15,16). The van der Waals surface area contributed by atoms with Gasteiger partial charge in [-0.25, -0.2) is 0 Å². The molecule has 0 aliphatic heterocycles. The van der Waals surface area contributed by atoms with Gasteiger partial charge in [-0.3, -0.25) is 5.10 Å². The molecular formula is C14H14N2O. The molecule has 0 bridgehead atoms. The number of rotatable bonds is 2. The maximum absolute atomic E-state index is 5.17. The Bertz CT molecular complexity index is 552. The zero-order chi connectivity index (χ0) is 11.7. The Balaban J connectivity index is 2.01. The van der Waals surface area contributed by atoms with E-state index in [1.807, 2.05) is 18.3 Å². The monoisotopic (exact) mass is 226 g/mol. The molecule has 2 aromatic rings. The van der Waals surface area contributed by atoms with E-state index >= 15 is 0 Å². The molecule has 86 valence electrons. The van der Waals surface area contributed by atoms with Gasteiger partial charge in [-0.1, -0.05) is 18.2 Å². The average molecular weight is 226 g/mol. The van der Waals surface area contributed by atoms with Crippen LogP contribution in [0.4, 0.5) is 0 Å². The van der Waals surface area contributed by atoms with Crippen molar-refractivity contribution in [3.05, 3.63) is 53.4 Å². The van der Waals surface area contributed by atoms with Gasteiger partial charge in [0.2, 0.25) is 0 Å². The minimum Gasteiger partial charge on any atom is -0.497 e. The van der Waals surface area contributed by atoms with E-state index in [0.717, 1.165) is 18.6 Å². The minimum absolute atomic E-state index is 0.887. The van der Waals surface area contributed by atoms with Crippen molar-refractivity contribution in [2.45, 2.75) is 12.8 Å². The van der Waals surface area contributed by atoms with E-state index in [4.69, 9.17) is 4.74 Å². The highest BCUT2D eigenvalue weighted by atomic mass is 16.5. The lowest BCUT2D eigenvalue weighted by Gasteiger charge is -2.13. The first-order valence-electron chi connectivity index (χ1n) is 5.75. The van der Waals surface area contributed by atoms with Gasteiger partial charge in [0.1, 0.15) is 5.75 Å². The van der Waals surface area contributed by atoms with Crippen molar-refractivity contribution < 1.29 is 4.74 Å². The van der Waals surface area contributed by atoms with E-state index < -0.39 is 0 Å². The molecule has 0 amide bonds. The summed E-state index contributed by atoms with van der Waals surface area (Å²) in [5, 5.41) is 7.19. The van der Waals surface area contributed by atoms with Crippen LogP contribution >= 0.6 is 0 Å². The largest absolute Gasteiger partial charge is 0.497 e. The molecule has 1 aliphatic rings. The molecule has 3 heteroatoms. The van der Waals surface area contributed by atoms with Gasteiger partial charge in [-0.15, -0.1) is 0 Å². The summed E-state index contributed by atoms with van der Waals surface area (Å²) in [6, 6.07) is 8.16. The highest BCUT2D eigenvalue weighted by molar-refractivity contribution is 5.81. The summed E-state index contributed by atoms with van der Waals surface area (Å²) in [5.74, 6) is 0.887. The van der Waals surface area contributed by atoms with Crippen molar-refractivity contribution in [1.29, 1.82) is 0 Å². The van der Waals surface area contributed by atoms with Crippen LogP contribution in [0.25, 0.3) is 5.57 Å². The maximum atomic E-state index is 5.17. The normalized spacial score (nSPS) is 14.1. The van der Waals surface area contributed by atoms with Crippen LogP contribution < -0.4 is 4.74 Å². The molecule has 1 N–H and O–H groups in total. The number of hydrogen-bond donors (Lipinski definition) is 1. The number of benzene rings is 1. The quantitative estimate of drug-likeness (QED) is 0.855. The summed E-state index contributed by atoms with van der Waals surface area (Å²) in [4.78, 5) is 0. The van der Waals surface area contributed by atoms with Crippen molar-refractivity contribution in [2.75, 3.05) is 7.11 Å². The van der Waals surface area contributed by atoms with Crippen LogP contribution in [-0.4, -0.2) is 17.3 Å². The lowest BCUT2D eigenvalue weighted by molar-refractivity contribution is 0.415. The molecule has 0 fully saturated rings. The number of nitrogens with one attached hydrogen (secondary N) is 1. The average Bonchev–Trinajstić information content (AvgIpc) is 2.87. The highest BCUT2D eigenvalue weighted by Gasteiger charge is 2.15. The molecule has 1 heterocycles. The summed E-state index contributed by atoms with van der Waals surface area (Å²) in [7, 11) is 1.68. The Morgan fingerprint density at radius 2 is 2.06 bits per heavy atom. The molecule has 0 saturated heterocycles. The van der Waals surface area contributed by atoms with Gasteiger partial charge in [-0.05, 0) is 36.1 Å². The van der Waals surface area contributed by atoms with Gasteiger partial charge in [0.05, 0.1) is 13.3 Å². The van der Waals surface area contributed by atoms with E-state index in [-0.39, 0.29) is 0 Å². The molecule has 0 saturated carbocycles. The predicted molar refractivity (Wildman–Crippen MR) is 67.0 cm³/mol. The van der Waals surface area contributed by atoms with E-state index in [1.165, 1.54) is 22.4 Å². The molecule has 3 rings (SSSR count). The summed E-state index contributed by atoms with van der Waals surface area (Å²) < 4.78 is 5.17. The number of hydrogen-bond acceptors (Lipinski definition) is 2. The lowest BCUT2D eigenvalue weighted by atomic mass is 9.91. The van der Waals surface area contributed by atoms with Gasteiger partial charge >= 0.3 is 0 Å². The molecule has 17 heavy (non-hydrogen) atoms. The zero-order valence-corrected chi connectivity index (χ0v) is 9.73. The third-order valence-corrected chi connectivity index (χ3v) is 3.15. The molecule has 0 unspecified atom stereocenters. The Hall–Kier alpha value is -2.03. The number of allylic oxidation sites excluding steroid dienone is 1. The second-order valence-corrected chi connectivity index (χ2v) is 4.15. The fourth-order valence-corrected chi connectivity index (χ4v) is 2.25. The highest BCUT2D eigenvalue weighted by Crippen LogP contribution is 2.31. The fourth-order valence-electron chi connectivity index (χ4n) is 2.25. The zero-order valence-electron chi connectivity index (χ0n) is 9.73. The summed E-state index contributed by atoms with van der Waals surface area (Å²) in [6.07, 6.45) is 6.30. The van der Waals surface area contributed by atoms with Crippen LogP contribution in [0.15, 0.2) is 36.5 Å². The number of nitrogens with zero attached hydrogens (tertiary/aromatic N) is 1. The second kappa shape index (κ2) is 4.09. The summed E-state index contributed by atoms with van der Waals surface area (Å²) >= 11 is 0. The van der Waals surface area contributed by atoms with Crippen molar-refractivity contribution in [3.63, 3.8) is 0 Å². The van der Waals surface area contributed by atoms with Crippen molar-refractivity contribution in [3.8, 4) is 5.75 Å². The smallest absolute Gasteiger partial charge is 0.118 e. The van der Waals surface area contributed by atoms with Crippen molar-refractivity contribution in [2.24, 2.45) is 0 Å². The van der Waals surface area contributed by atoms with Crippen LogP contribution in [0.2, 0.25) is 0 Å². The summed E-state index contributed by atoms with van der Waals surface area (Å²) in [6.45, 7) is 0. The predicted octanol–water partition coefficient (Wildman–Crippen LogP) is 2.80. The number of aryl methyl sites for hydroxylation is 1. The van der Waals surface area contributed by atoms with Gasteiger partial charge in [-0.2, -0.15) is 5.10 Å². The van der Waals surface area contributed by atoms with Crippen molar-refractivity contribution >= 4 is 5.57 Å². The van der Waals surface area contributed by atoms with Gasteiger partial charge < -0.3 is 4.74 Å². The van der Waals surface area contributed by atoms with Crippen molar-refractivity contribution in [1.82, 2.24) is 10.2 Å². The molecule has 1 aliphatic carbocycles. The Labute approximate surface area is 100 Å². The number of methoxy groups -OCH3 is 1. The first-order chi connectivity index (χ1) is 8.38. The third-order valence-electron chi connectivity index (χ3n) is 3.15. The molecule has 3 nitrogen and oxygen atoms in total. The van der Waals surface area contributed by atoms with E-state index in [1.54, 1.807) is 7.11 Å². The summed E-state index contributed by atoms with van der Waals surface area (Å²) in [5.41, 5.74) is 4.94. The fraction of sp³-hybridized carbons (Fsp3) is 0.214. The topological polar surface area (TPSA) is 37.9 Å². The van der Waals surface area contributed by atoms with Crippen LogP contribution in [-0.2, 0) is 6.42 Å². The molecule has 0 spiro atoms.